The highest BCUT2D eigenvalue weighted by atomic mass is 35.5. The summed E-state index contributed by atoms with van der Waals surface area (Å²) in [7, 11) is 0. The summed E-state index contributed by atoms with van der Waals surface area (Å²) in [5, 5.41) is 1.37. The first-order chi connectivity index (χ1) is 6.36. The van der Waals surface area contributed by atoms with E-state index in [4.69, 9.17) is 5.73 Å². The second-order valence-electron chi connectivity index (χ2n) is 3.28. The summed E-state index contributed by atoms with van der Waals surface area (Å²) in [6.45, 7) is 0. The van der Waals surface area contributed by atoms with Gasteiger partial charge in [0, 0.05) is 23.7 Å². The third kappa shape index (κ3) is 2.83. The topological polar surface area (TPSA) is 51.8 Å². The molecule has 0 amide bonds. The SMILES string of the molecule is Cl.NC1CCCC1Sc1ncccn1. The van der Waals surface area contributed by atoms with Gasteiger partial charge in [-0.3, -0.25) is 0 Å². The van der Waals surface area contributed by atoms with Gasteiger partial charge < -0.3 is 5.73 Å². The Balaban J connectivity index is 0.000000980. The van der Waals surface area contributed by atoms with Crippen LogP contribution in [0.2, 0.25) is 0 Å². The molecule has 0 radical (unpaired) electrons. The normalized spacial score (nSPS) is 25.8. The Morgan fingerprint density at radius 2 is 2.00 bits per heavy atom. The van der Waals surface area contributed by atoms with Gasteiger partial charge in [-0.15, -0.1) is 12.4 Å². The molecule has 0 aliphatic heterocycles. The minimum Gasteiger partial charge on any atom is -0.327 e. The lowest BCUT2D eigenvalue weighted by molar-refractivity contribution is 0.714. The van der Waals surface area contributed by atoms with Crippen molar-refractivity contribution in [2.45, 2.75) is 35.7 Å². The maximum Gasteiger partial charge on any atom is 0.187 e. The third-order valence-electron chi connectivity index (χ3n) is 2.30. The Morgan fingerprint density at radius 1 is 1.29 bits per heavy atom. The summed E-state index contributed by atoms with van der Waals surface area (Å²) in [6, 6.07) is 2.16. The second kappa shape index (κ2) is 5.53. The van der Waals surface area contributed by atoms with Crippen LogP contribution in [0.4, 0.5) is 0 Å². The van der Waals surface area contributed by atoms with Crippen molar-refractivity contribution in [3.05, 3.63) is 18.5 Å². The van der Waals surface area contributed by atoms with Gasteiger partial charge in [0.1, 0.15) is 0 Å². The Bertz CT molecular complexity index is 270. The maximum absolute atomic E-state index is 5.95. The molecule has 1 aliphatic carbocycles. The molecule has 2 unspecified atom stereocenters. The van der Waals surface area contributed by atoms with Crippen LogP contribution in [0.5, 0.6) is 0 Å². The molecular formula is C9H14ClN3S. The molecule has 2 N–H and O–H groups in total. The summed E-state index contributed by atoms with van der Waals surface area (Å²) in [5.74, 6) is 0. The largest absolute Gasteiger partial charge is 0.327 e. The van der Waals surface area contributed by atoms with Crippen molar-refractivity contribution >= 4 is 24.2 Å². The average Bonchev–Trinajstić information content (AvgIpc) is 2.54. The maximum atomic E-state index is 5.95. The number of aromatic nitrogens is 2. The monoisotopic (exact) mass is 231 g/mol. The number of hydrogen-bond donors (Lipinski definition) is 1. The van der Waals surface area contributed by atoms with E-state index in [0.717, 1.165) is 11.6 Å². The first-order valence-corrected chi connectivity index (χ1v) is 5.43. The number of thioether (sulfide) groups is 1. The molecule has 0 spiro atoms. The van der Waals surface area contributed by atoms with E-state index in [1.165, 1.54) is 12.8 Å². The number of rotatable bonds is 2. The molecule has 1 saturated carbocycles. The van der Waals surface area contributed by atoms with E-state index >= 15 is 0 Å². The van der Waals surface area contributed by atoms with E-state index in [-0.39, 0.29) is 12.4 Å². The van der Waals surface area contributed by atoms with Crippen LogP contribution in [0.3, 0.4) is 0 Å². The Morgan fingerprint density at radius 3 is 2.57 bits per heavy atom. The molecular weight excluding hydrogens is 218 g/mol. The highest BCUT2D eigenvalue weighted by Crippen LogP contribution is 2.31. The molecule has 3 nitrogen and oxygen atoms in total. The van der Waals surface area contributed by atoms with Crippen molar-refractivity contribution < 1.29 is 0 Å². The van der Waals surface area contributed by atoms with Gasteiger partial charge >= 0.3 is 0 Å². The zero-order valence-corrected chi connectivity index (χ0v) is 9.43. The smallest absolute Gasteiger partial charge is 0.187 e. The highest BCUT2D eigenvalue weighted by molar-refractivity contribution is 7.99. The van der Waals surface area contributed by atoms with Gasteiger partial charge in [-0.1, -0.05) is 18.2 Å². The van der Waals surface area contributed by atoms with Crippen LogP contribution in [0.1, 0.15) is 19.3 Å². The zero-order chi connectivity index (χ0) is 9.10. The molecule has 0 aromatic carbocycles. The van der Waals surface area contributed by atoms with E-state index < -0.39 is 0 Å². The fraction of sp³-hybridized carbons (Fsp3) is 0.556. The quantitative estimate of drug-likeness (QED) is 0.790. The van der Waals surface area contributed by atoms with E-state index in [1.807, 2.05) is 6.07 Å². The van der Waals surface area contributed by atoms with Gasteiger partial charge in [-0.05, 0) is 18.9 Å². The van der Waals surface area contributed by atoms with E-state index in [9.17, 15) is 0 Å². The van der Waals surface area contributed by atoms with Crippen LogP contribution in [-0.4, -0.2) is 21.3 Å². The lowest BCUT2D eigenvalue weighted by Gasteiger charge is -2.12. The summed E-state index contributed by atoms with van der Waals surface area (Å²) in [5.41, 5.74) is 5.95. The van der Waals surface area contributed by atoms with Crippen molar-refractivity contribution in [3.63, 3.8) is 0 Å². The van der Waals surface area contributed by atoms with Crippen LogP contribution < -0.4 is 5.73 Å². The summed E-state index contributed by atoms with van der Waals surface area (Å²) >= 11 is 1.71. The second-order valence-corrected chi connectivity index (χ2v) is 4.49. The highest BCUT2D eigenvalue weighted by Gasteiger charge is 2.25. The standard InChI is InChI=1S/C9H13N3S.ClH/c10-7-3-1-4-8(7)13-9-11-5-2-6-12-9;/h2,5-8H,1,3-4,10H2;1H. The van der Waals surface area contributed by atoms with Crippen molar-refractivity contribution in [3.8, 4) is 0 Å². The molecule has 78 valence electrons. The summed E-state index contributed by atoms with van der Waals surface area (Å²) in [4.78, 5) is 8.35. The molecule has 1 aromatic heterocycles. The summed E-state index contributed by atoms with van der Waals surface area (Å²) in [6.07, 6.45) is 7.13. The number of hydrogen-bond acceptors (Lipinski definition) is 4. The van der Waals surface area contributed by atoms with Crippen LogP contribution in [0.15, 0.2) is 23.6 Å². The van der Waals surface area contributed by atoms with E-state index in [1.54, 1.807) is 24.2 Å². The van der Waals surface area contributed by atoms with E-state index in [0.29, 0.717) is 11.3 Å². The Hall–Kier alpha value is -0.320. The molecule has 1 aliphatic rings. The molecule has 2 atom stereocenters. The molecule has 0 saturated heterocycles. The lowest BCUT2D eigenvalue weighted by Crippen LogP contribution is -2.26. The van der Waals surface area contributed by atoms with Crippen LogP contribution in [0.25, 0.3) is 0 Å². The van der Waals surface area contributed by atoms with Gasteiger partial charge in [0.2, 0.25) is 0 Å². The number of nitrogens with zero attached hydrogens (tertiary/aromatic N) is 2. The Kier molecular flexibility index (Phi) is 4.65. The van der Waals surface area contributed by atoms with Gasteiger partial charge in [0.15, 0.2) is 5.16 Å². The molecule has 2 rings (SSSR count). The first-order valence-electron chi connectivity index (χ1n) is 4.55. The zero-order valence-electron chi connectivity index (χ0n) is 7.80. The van der Waals surface area contributed by atoms with Gasteiger partial charge in [0.25, 0.3) is 0 Å². The minimum atomic E-state index is 0. The van der Waals surface area contributed by atoms with Crippen molar-refractivity contribution in [1.29, 1.82) is 0 Å². The fourth-order valence-corrected chi connectivity index (χ4v) is 2.69. The first kappa shape index (κ1) is 11.8. The predicted octanol–water partition coefficient (Wildman–Crippen LogP) is 1.87. The minimum absolute atomic E-state index is 0. The number of halogens is 1. The predicted molar refractivity (Wildman–Crippen MR) is 60.8 cm³/mol. The third-order valence-corrected chi connectivity index (χ3v) is 3.61. The molecule has 1 aromatic rings. The van der Waals surface area contributed by atoms with Crippen molar-refractivity contribution in [1.82, 2.24) is 9.97 Å². The van der Waals surface area contributed by atoms with Crippen LogP contribution in [0, 0.1) is 0 Å². The molecule has 1 heterocycles. The molecule has 0 bridgehead atoms. The molecule has 14 heavy (non-hydrogen) atoms. The average molecular weight is 232 g/mol. The van der Waals surface area contributed by atoms with Gasteiger partial charge in [0.05, 0.1) is 0 Å². The Labute approximate surface area is 94.3 Å². The van der Waals surface area contributed by atoms with Gasteiger partial charge in [-0.2, -0.15) is 0 Å². The van der Waals surface area contributed by atoms with Crippen LogP contribution >= 0.6 is 24.2 Å². The number of nitrogens with two attached hydrogens (primary N) is 1. The van der Waals surface area contributed by atoms with Crippen LogP contribution in [-0.2, 0) is 0 Å². The van der Waals surface area contributed by atoms with Crippen molar-refractivity contribution in [2.24, 2.45) is 5.73 Å². The molecule has 1 fully saturated rings. The van der Waals surface area contributed by atoms with Crippen molar-refractivity contribution in [2.75, 3.05) is 0 Å². The molecule has 5 heteroatoms. The summed E-state index contributed by atoms with van der Waals surface area (Å²) < 4.78 is 0. The van der Waals surface area contributed by atoms with Gasteiger partial charge in [-0.25, -0.2) is 9.97 Å². The van der Waals surface area contributed by atoms with E-state index in [2.05, 4.69) is 9.97 Å². The fourth-order valence-electron chi connectivity index (χ4n) is 1.58. The lowest BCUT2D eigenvalue weighted by atomic mass is 10.3.